The molecule has 0 radical (unpaired) electrons. The van der Waals surface area contributed by atoms with E-state index in [0.717, 1.165) is 25.9 Å². The minimum atomic E-state index is -0.237. The maximum atomic E-state index is 11.9. The van der Waals surface area contributed by atoms with Crippen molar-refractivity contribution in [1.29, 1.82) is 0 Å². The number of primary amides is 1. The monoisotopic (exact) mass is 286 g/mol. The van der Waals surface area contributed by atoms with E-state index in [1.165, 1.54) is 0 Å². The number of likely N-dealkylation sites (N-methyl/N-ethyl adjacent to an activating group) is 1. The predicted molar refractivity (Wildman–Crippen MR) is 77.4 cm³/mol. The summed E-state index contributed by atoms with van der Waals surface area (Å²) in [5.41, 5.74) is 10.7. The van der Waals surface area contributed by atoms with Crippen molar-refractivity contribution < 1.29 is 9.59 Å². The SMILES string of the molecule is CN(CCC(N)=S)C(=O)CN1CCC(C(N)=O)CC1. The summed E-state index contributed by atoms with van der Waals surface area (Å²) in [6.45, 7) is 2.40. The average molecular weight is 286 g/mol. The third-order valence-electron chi connectivity index (χ3n) is 3.47. The van der Waals surface area contributed by atoms with E-state index in [1.807, 2.05) is 0 Å². The summed E-state index contributed by atoms with van der Waals surface area (Å²) >= 11 is 4.78. The molecule has 4 N–H and O–H groups in total. The molecule has 1 aliphatic rings. The highest BCUT2D eigenvalue weighted by Crippen LogP contribution is 2.16. The molecule has 19 heavy (non-hydrogen) atoms. The van der Waals surface area contributed by atoms with Crippen LogP contribution in [0, 0.1) is 5.92 Å². The van der Waals surface area contributed by atoms with Crippen molar-refractivity contribution in [2.75, 3.05) is 33.2 Å². The first-order valence-electron chi connectivity index (χ1n) is 6.44. The number of hydrogen-bond acceptors (Lipinski definition) is 4. The van der Waals surface area contributed by atoms with Crippen LogP contribution in [0.15, 0.2) is 0 Å². The summed E-state index contributed by atoms with van der Waals surface area (Å²) in [5.74, 6) is -0.230. The number of likely N-dealkylation sites (tertiary alicyclic amines) is 1. The van der Waals surface area contributed by atoms with Gasteiger partial charge in [0, 0.05) is 25.9 Å². The van der Waals surface area contributed by atoms with Crippen LogP contribution in [-0.4, -0.2) is 59.8 Å². The van der Waals surface area contributed by atoms with Gasteiger partial charge >= 0.3 is 0 Å². The lowest BCUT2D eigenvalue weighted by Gasteiger charge is -2.31. The zero-order chi connectivity index (χ0) is 14.4. The van der Waals surface area contributed by atoms with Crippen molar-refractivity contribution in [3.63, 3.8) is 0 Å². The third kappa shape index (κ3) is 5.52. The fraction of sp³-hybridized carbons (Fsp3) is 0.750. The van der Waals surface area contributed by atoms with Gasteiger partial charge in [0.05, 0.1) is 11.5 Å². The Morgan fingerprint density at radius 3 is 2.37 bits per heavy atom. The topological polar surface area (TPSA) is 92.7 Å². The Bertz CT molecular complexity index is 354. The first-order valence-corrected chi connectivity index (χ1v) is 6.85. The molecule has 1 saturated heterocycles. The smallest absolute Gasteiger partial charge is 0.236 e. The Balaban J connectivity index is 2.30. The summed E-state index contributed by atoms with van der Waals surface area (Å²) in [6, 6.07) is 0. The minimum absolute atomic E-state index is 0.0429. The molecule has 0 aromatic rings. The number of hydrogen-bond donors (Lipinski definition) is 2. The summed E-state index contributed by atoms with van der Waals surface area (Å²) < 4.78 is 0. The van der Waals surface area contributed by atoms with E-state index in [-0.39, 0.29) is 17.7 Å². The van der Waals surface area contributed by atoms with Crippen molar-refractivity contribution in [3.05, 3.63) is 0 Å². The van der Waals surface area contributed by atoms with Crippen molar-refractivity contribution >= 4 is 29.0 Å². The van der Waals surface area contributed by atoms with Crippen LogP contribution in [0.3, 0.4) is 0 Å². The first kappa shape index (κ1) is 15.8. The predicted octanol–water partition coefficient (Wildman–Crippen LogP) is -0.682. The molecule has 0 aromatic carbocycles. The van der Waals surface area contributed by atoms with E-state index in [1.54, 1.807) is 11.9 Å². The van der Waals surface area contributed by atoms with Crippen molar-refractivity contribution in [2.24, 2.45) is 17.4 Å². The molecule has 2 amide bonds. The van der Waals surface area contributed by atoms with Gasteiger partial charge < -0.3 is 16.4 Å². The van der Waals surface area contributed by atoms with Gasteiger partial charge in [-0.2, -0.15) is 0 Å². The van der Waals surface area contributed by atoms with Crippen LogP contribution < -0.4 is 11.5 Å². The molecule has 0 saturated carbocycles. The van der Waals surface area contributed by atoms with Gasteiger partial charge in [0.2, 0.25) is 11.8 Å². The Morgan fingerprint density at radius 1 is 1.32 bits per heavy atom. The van der Waals surface area contributed by atoms with Crippen molar-refractivity contribution in [2.45, 2.75) is 19.3 Å². The highest BCUT2D eigenvalue weighted by molar-refractivity contribution is 7.80. The summed E-state index contributed by atoms with van der Waals surface area (Å²) in [5, 5.41) is 0. The number of carbonyl (C=O) groups excluding carboxylic acids is 2. The van der Waals surface area contributed by atoms with E-state index in [9.17, 15) is 9.59 Å². The van der Waals surface area contributed by atoms with Gasteiger partial charge in [-0.3, -0.25) is 14.5 Å². The van der Waals surface area contributed by atoms with Crippen LogP contribution in [0.25, 0.3) is 0 Å². The Hall–Kier alpha value is -1.21. The zero-order valence-electron chi connectivity index (χ0n) is 11.3. The Morgan fingerprint density at radius 2 is 1.89 bits per heavy atom. The van der Waals surface area contributed by atoms with Crippen LogP contribution in [0.4, 0.5) is 0 Å². The molecule has 0 atom stereocenters. The maximum Gasteiger partial charge on any atom is 0.236 e. The number of rotatable bonds is 6. The molecular weight excluding hydrogens is 264 g/mol. The number of carbonyl (C=O) groups is 2. The van der Waals surface area contributed by atoms with E-state index in [0.29, 0.717) is 24.5 Å². The largest absolute Gasteiger partial charge is 0.393 e. The van der Waals surface area contributed by atoms with Crippen LogP contribution in [0.2, 0.25) is 0 Å². The van der Waals surface area contributed by atoms with Crippen LogP contribution in [0.1, 0.15) is 19.3 Å². The maximum absolute atomic E-state index is 11.9. The molecule has 0 aromatic heterocycles. The Kier molecular flexibility index (Phi) is 6.17. The normalized spacial score (nSPS) is 17.1. The fourth-order valence-corrected chi connectivity index (χ4v) is 2.18. The summed E-state index contributed by atoms with van der Waals surface area (Å²) in [6.07, 6.45) is 2.01. The molecular formula is C12H22N4O2S. The van der Waals surface area contributed by atoms with Gasteiger partial charge in [-0.1, -0.05) is 12.2 Å². The highest BCUT2D eigenvalue weighted by atomic mass is 32.1. The lowest BCUT2D eigenvalue weighted by Crippen LogP contribution is -2.44. The van der Waals surface area contributed by atoms with Gasteiger partial charge in [-0.05, 0) is 25.9 Å². The molecule has 0 bridgehead atoms. The van der Waals surface area contributed by atoms with Crippen LogP contribution >= 0.6 is 12.2 Å². The van der Waals surface area contributed by atoms with Crippen molar-refractivity contribution in [1.82, 2.24) is 9.80 Å². The second kappa shape index (κ2) is 7.40. The Labute approximate surface area is 119 Å². The second-order valence-electron chi connectivity index (χ2n) is 4.98. The molecule has 0 unspecified atom stereocenters. The summed E-state index contributed by atoms with van der Waals surface area (Å²) in [7, 11) is 1.75. The minimum Gasteiger partial charge on any atom is -0.393 e. The number of nitrogens with two attached hydrogens (primary N) is 2. The lowest BCUT2D eigenvalue weighted by atomic mass is 9.96. The van der Waals surface area contributed by atoms with E-state index >= 15 is 0 Å². The molecule has 0 spiro atoms. The van der Waals surface area contributed by atoms with Gasteiger partial charge in [-0.25, -0.2) is 0 Å². The lowest BCUT2D eigenvalue weighted by molar-refractivity contribution is -0.131. The fourth-order valence-electron chi connectivity index (χ4n) is 2.09. The molecule has 0 aliphatic carbocycles. The number of nitrogens with zero attached hydrogens (tertiary/aromatic N) is 2. The summed E-state index contributed by atoms with van der Waals surface area (Å²) in [4.78, 5) is 27.1. The van der Waals surface area contributed by atoms with Crippen molar-refractivity contribution in [3.8, 4) is 0 Å². The van der Waals surface area contributed by atoms with E-state index < -0.39 is 0 Å². The number of piperidine rings is 1. The highest BCUT2D eigenvalue weighted by Gasteiger charge is 2.24. The molecule has 7 heteroatoms. The zero-order valence-corrected chi connectivity index (χ0v) is 12.1. The van der Waals surface area contributed by atoms with Gasteiger partial charge in [0.1, 0.15) is 0 Å². The molecule has 108 valence electrons. The van der Waals surface area contributed by atoms with Crippen LogP contribution in [-0.2, 0) is 9.59 Å². The van der Waals surface area contributed by atoms with Gasteiger partial charge in [0.15, 0.2) is 0 Å². The molecule has 1 aliphatic heterocycles. The number of amides is 2. The second-order valence-corrected chi connectivity index (χ2v) is 5.51. The van der Waals surface area contributed by atoms with E-state index in [2.05, 4.69) is 4.90 Å². The van der Waals surface area contributed by atoms with Gasteiger partial charge in [0.25, 0.3) is 0 Å². The molecule has 1 rings (SSSR count). The van der Waals surface area contributed by atoms with Gasteiger partial charge in [-0.15, -0.1) is 0 Å². The quantitative estimate of drug-likeness (QED) is 0.631. The molecule has 6 nitrogen and oxygen atoms in total. The third-order valence-corrected chi connectivity index (χ3v) is 3.67. The standard InChI is InChI=1S/C12H22N4O2S/c1-15(5-4-10(13)19)11(17)8-16-6-2-9(3-7-16)12(14)18/h9H,2-8H2,1H3,(H2,13,19)(H2,14,18). The van der Waals surface area contributed by atoms with Crippen LogP contribution in [0.5, 0.6) is 0 Å². The number of thiocarbonyl (C=S) groups is 1. The molecule has 1 heterocycles. The molecule has 1 fully saturated rings. The first-order chi connectivity index (χ1) is 8.90. The van der Waals surface area contributed by atoms with E-state index in [4.69, 9.17) is 23.7 Å². The average Bonchev–Trinajstić information content (AvgIpc) is 2.36.